The number of para-hydroxylation sites is 1. The summed E-state index contributed by atoms with van der Waals surface area (Å²) in [4.78, 5) is 12.3. The predicted octanol–water partition coefficient (Wildman–Crippen LogP) is 4.77. The maximum atomic E-state index is 13.9. The van der Waals surface area contributed by atoms with Crippen molar-refractivity contribution in [2.75, 3.05) is 18.2 Å². The number of ether oxygens (including phenoxy) is 1. The molecule has 3 aromatic rings. The maximum Gasteiger partial charge on any atom is 0.234 e. The van der Waals surface area contributed by atoms with Crippen molar-refractivity contribution < 1.29 is 13.9 Å². The first-order chi connectivity index (χ1) is 14.0. The highest BCUT2D eigenvalue weighted by Gasteiger charge is 2.18. The number of anilines is 1. The van der Waals surface area contributed by atoms with Crippen LogP contribution in [0.2, 0.25) is 0 Å². The molecule has 0 atom stereocenters. The number of hydrogen-bond acceptors (Lipinski definition) is 5. The summed E-state index contributed by atoms with van der Waals surface area (Å²) in [7, 11) is 1.59. The number of methoxy groups -OCH3 is 1. The van der Waals surface area contributed by atoms with Gasteiger partial charge in [-0.1, -0.05) is 45.9 Å². The van der Waals surface area contributed by atoms with Crippen LogP contribution in [0.1, 0.15) is 0 Å². The van der Waals surface area contributed by atoms with Crippen LogP contribution >= 0.6 is 27.7 Å². The number of carbonyl (C=O) groups is 1. The Morgan fingerprint density at radius 3 is 2.86 bits per heavy atom. The molecule has 9 heteroatoms. The summed E-state index contributed by atoms with van der Waals surface area (Å²) in [6.07, 6.45) is 1.73. The third-order valence-electron chi connectivity index (χ3n) is 3.91. The van der Waals surface area contributed by atoms with Gasteiger partial charge in [-0.2, -0.15) is 0 Å². The Hall–Kier alpha value is -2.65. The van der Waals surface area contributed by atoms with Gasteiger partial charge in [0.15, 0.2) is 11.0 Å². The van der Waals surface area contributed by atoms with Gasteiger partial charge in [0.25, 0.3) is 0 Å². The van der Waals surface area contributed by atoms with Gasteiger partial charge in [0.05, 0.1) is 24.1 Å². The number of nitrogens with one attached hydrogen (secondary N) is 1. The number of carbonyl (C=O) groups excluding carboxylic acids is 1. The Morgan fingerprint density at radius 1 is 1.34 bits per heavy atom. The molecule has 1 heterocycles. The number of halogens is 2. The molecule has 0 unspecified atom stereocenters. The Balaban J connectivity index is 1.76. The smallest absolute Gasteiger partial charge is 0.234 e. The third kappa shape index (κ3) is 5.04. The van der Waals surface area contributed by atoms with Crippen LogP contribution in [0.3, 0.4) is 0 Å². The quantitative estimate of drug-likeness (QED) is 0.374. The van der Waals surface area contributed by atoms with Gasteiger partial charge in [-0.25, -0.2) is 4.39 Å². The summed E-state index contributed by atoms with van der Waals surface area (Å²) in [6, 6.07) is 11.9. The van der Waals surface area contributed by atoms with Crippen molar-refractivity contribution in [2.24, 2.45) is 0 Å². The Labute approximate surface area is 180 Å². The zero-order chi connectivity index (χ0) is 20.8. The van der Waals surface area contributed by atoms with Crippen LogP contribution in [0.25, 0.3) is 11.4 Å². The van der Waals surface area contributed by atoms with Gasteiger partial charge in [0.1, 0.15) is 11.6 Å². The fourth-order valence-electron chi connectivity index (χ4n) is 2.63. The molecule has 0 bridgehead atoms. The molecule has 0 spiro atoms. The molecular weight excluding hydrogens is 459 g/mol. The molecule has 0 aliphatic rings. The molecular formula is C20H18BrFN4O2S. The van der Waals surface area contributed by atoms with Crippen molar-refractivity contribution in [1.82, 2.24) is 14.8 Å². The van der Waals surface area contributed by atoms with Gasteiger partial charge in [0, 0.05) is 11.0 Å². The SMILES string of the molecule is C=CCn1c(SCC(=O)Nc2ccc(Br)cc2F)nnc1-c1ccccc1OC. The fraction of sp³-hybridized carbons (Fsp3) is 0.150. The van der Waals surface area contributed by atoms with E-state index in [-0.39, 0.29) is 17.3 Å². The third-order valence-corrected chi connectivity index (χ3v) is 5.37. The largest absolute Gasteiger partial charge is 0.496 e. The second-order valence-corrected chi connectivity index (χ2v) is 7.72. The van der Waals surface area contributed by atoms with E-state index in [1.165, 1.54) is 23.9 Å². The minimum absolute atomic E-state index is 0.0523. The summed E-state index contributed by atoms with van der Waals surface area (Å²) >= 11 is 4.40. The highest BCUT2D eigenvalue weighted by atomic mass is 79.9. The number of amides is 1. The minimum atomic E-state index is -0.508. The number of benzene rings is 2. The fourth-order valence-corrected chi connectivity index (χ4v) is 3.71. The number of allylic oxidation sites excluding steroid dienone is 1. The first kappa shape index (κ1) is 21.1. The van der Waals surface area contributed by atoms with Crippen molar-refractivity contribution >= 4 is 39.3 Å². The monoisotopic (exact) mass is 476 g/mol. The molecule has 0 saturated heterocycles. The van der Waals surface area contributed by atoms with Gasteiger partial charge in [0.2, 0.25) is 5.91 Å². The van der Waals surface area contributed by atoms with Crippen LogP contribution in [-0.2, 0) is 11.3 Å². The normalized spacial score (nSPS) is 10.6. The van der Waals surface area contributed by atoms with Crippen LogP contribution in [0.5, 0.6) is 5.75 Å². The van der Waals surface area contributed by atoms with Crippen LogP contribution in [0.4, 0.5) is 10.1 Å². The summed E-state index contributed by atoms with van der Waals surface area (Å²) in [6.45, 7) is 4.24. The number of thioether (sulfide) groups is 1. The average molecular weight is 477 g/mol. The van der Waals surface area contributed by atoms with Crippen molar-refractivity contribution in [2.45, 2.75) is 11.7 Å². The van der Waals surface area contributed by atoms with Gasteiger partial charge in [-0.05, 0) is 30.3 Å². The highest BCUT2D eigenvalue weighted by Crippen LogP contribution is 2.31. The zero-order valence-corrected chi connectivity index (χ0v) is 18.0. The molecule has 1 N–H and O–H groups in total. The van der Waals surface area contributed by atoms with Gasteiger partial charge in [-0.15, -0.1) is 16.8 Å². The lowest BCUT2D eigenvalue weighted by Gasteiger charge is -2.11. The molecule has 1 aromatic heterocycles. The number of hydrogen-bond donors (Lipinski definition) is 1. The second-order valence-electron chi connectivity index (χ2n) is 5.87. The molecule has 0 aliphatic carbocycles. The van der Waals surface area contributed by atoms with Crippen LogP contribution < -0.4 is 10.1 Å². The summed E-state index contributed by atoms with van der Waals surface area (Å²) in [5.74, 6) is 0.486. The molecule has 0 aliphatic heterocycles. The maximum absolute atomic E-state index is 13.9. The molecule has 1 amide bonds. The van der Waals surface area contributed by atoms with Crippen molar-refractivity contribution in [3.05, 3.63) is 65.4 Å². The molecule has 0 saturated carbocycles. The van der Waals surface area contributed by atoms with Crippen LogP contribution in [0, 0.1) is 5.82 Å². The van der Waals surface area contributed by atoms with Gasteiger partial charge < -0.3 is 10.1 Å². The van der Waals surface area contributed by atoms with E-state index in [1.54, 1.807) is 19.3 Å². The van der Waals surface area contributed by atoms with E-state index >= 15 is 0 Å². The topological polar surface area (TPSA) is 69.0 Å². The van der Waals surface area contributed by atoms with Gasteiger partial charge >= 0.3 is 0 Å². The number of rotatable bonds is 8. The molecule has 0 radical (unpaired) electrons. The zero-order valence-electron chi connectivity index (χ0n) is 15.6. The second kappa shape index (κ2) is 9.71. The van der Waals surface area contributed by atoms with E-state index < -0.39 is 5.82 Å². The van der Waals surface area contributed by atoms with Crippen molar-refractivity contribution in [3.63, 3.8) is 0 Å². The van der Waals surface area contributed by atoms with Crippen molar-refractivity contribution in [1.29, 1.82) is 0 Å². The summed E-state index contributed by atoms with van der Waals surface area (Å²) in [5.41, 5.74) is 0.915. The summed E-state index contributed by atoms with van der Waals surface area (Å²) in [5, 5.41) is 11.6. The number of nitrogens with zero attached hydrogens (tertiary/aromatic N) is 3. The van der Waals surface area contributed by atoms with Crippen LogP contribution in [-0.4, -0.2) is 33.5 Å². The van der Waals surface area contributed by atoms with Gasteiger partial charge in [-0.3, -0.25) is 9.36 Å². The van der Waals surface area contributed by atoms with Crippen molar-refractivity contribution in [3.8, 4) is 17.1 Å². The molecule has 0 fully saturated rings. The lowest BCUT2D eigenvalue weighted by Crippen LogP contribution is -2.15. The Kier molecular flexibility index (Phi) is 7.05. The van der Waals surface area contributed by atoms with E-state index in [4.69, 9.17) is 4.74 Å². The van der Waals surface area contributed by atoms with E-state index in [1.807, 2.05) is 28.8 Å². The average Bonchev–Trinajstić information content (AvgIpc) is 3.11. The standard InChI is InChI=1S/C20H18BrFN4O2S/c1-3-10-26-19(14-6-4-5-7-17(14)28-2)24-25-20(26)29-12-18(27)23-16-9-8-13(21)11-15(16)22/h3-9,11H,1,10,12H2,2H3,(H,23,27). The highest BCUT2D eigenvalue weighted by molar-refractivity contribution is 9.10. The number of aromatic nitrogens is 3. The van der Waals surface area contributed by atoms with E-state index in [2.05, 4.69) is 38.0 Å². The predicted molar refractivity (Wildman–Crippen MR) is 116 cm³/mol. The lowest BCUT2D eigenvalue weighted by atomic mass is 10.2. The minimum Gasteiger partial charge on any atom is -0.496 e. The molecule has 3 rings (SSSR count). The van der Waals surface area contributed by atoms with E-state index in [0.29, 0.717) is 27.7 Å². The molecule has 29 heavy (non-hydrogen) atoms. The Morgan fingerprint density at radius 2 is 2.14 bits per heavy atom. The van der Waals surface area contributed by atoms with E-state index in [0.717, 1.165) is 5.56 Å². The molecule has 6 nitrogen and oxygen atoms in total. The van der Waals surface area contributed by atoms with Crippen LogP contribution in [0.15, 0.2) is 64.7 Å². The molecule has 150 valence electrons. The summed E-state index contributed by atoms with van der Waals surface area (Å²) < 4.78 is 21.8. The first-order valence-corrected chi connectivity index (χ1v) is 10.4. The molecule has 2 aromatic carbocycles. The lowest BCUT2D eigenvalue weighted by molar-refractivity contribution is -0.113. The first-order valence-electron chi connectivity index (χ1n) is 8.58. The van der Waals surface area contributed by atoms with E-state index in [9.17, 15) is 9.18 Å². The Bertz CT molecular complexity index is 1040.